The maximum Gasteiger partial charge on any atom is 0.251 e. The highest BCUT2D eigenvalue weighted by molar-refractivity contribution is 5.99. The molecule has 0 radical (unpaired) electrons. The Morgan fingerprint density at radius 3 is 2.50 bits per heavy atom. The van der Waals surface area contributed by atoms with Gasteiger partial charge < -0.3 is 16.0 Å². The quantitative estimate of drug-likeness (QED) is 0.781. The Morgan fingerprint density at radius 1 is 1.21 bits per heavy atom. The molecule has 2 saturated heterocycles. The molecular formula is C18H26ClN3O2. The lowest BCUT2D eigenvalue weighted by molar-refractivity contribution is -0.117. The summed E-state index contributed by atoms with van der Waals surface area (Å²) in [6.45, 7) is 1.87. The molecule has 5 nitrogen and oxygen atoms in total. The summed E-state index contributed by atoms with van der Waals surface area (Å²) in [6, 6.07) is 6.63. The average Bonchev–Trinajstić information content (AvgIpc) is 2.87. The van der Waals surface area contributed by atoms with E-state index in [4.69, 9.17) is 0 Å². The molecule has 2 bridgehead atoms. The van der Waals surface area contributed by atoms with E-state index in [9.17, 15) is 9.59 Å². The number of carbonyl (C=O) groups excluding carboxylic acids is 2. The second-order valence-corrected chi connectivity index (χ2v) is 6.78. The first-order valence-corrected chi connectivity index (χ1v) is 8.44. The van der Waals surface area contributed by atoms with Crippen LogP contribution in [0.25, 0.3) is 0 Å². The minimum absolute atomic E-state index is 0. The first kappa shape index (κ1) is 18.7. The number of amides is 2. The topological polar surface area (TPSA) is 70.2 Å². The van der Waals surface area contributed by atoms with E-state index in [2.05, 4.69) is 16.0 Å². The summed E-state index contributed by atoms with van der Waals surface area (Å²) >= 11 is 0. The molecule has 0 aromatic heterocycles. The number of carbonyl (C=O) groups is 2. The summed E-state index contributed by atoms with van der Waals surface area (Å²) in [5.74, 6) is 0.387. The molecule has 6 heteroatoms. The van der Waals surface area contributed by atoms with Gasteiger partial charge in [0, 0.05) is 36.8 Å². The van der Waals surface area contributed by atoms with Gasteiger partial charge in [0.1, 0.15) is 0 Å². The van der Waals surface area contributed by atoms with Crippen molar-refractivity contribution < 1.29 is 9.59 Å². The highest BCUT2D eigenvalue weighted by atomic mass is 35.5. The van der Waals surface area contributed by atoms with Crippen LogP contribution in [0, 0.1) is 12.8 Å². The lowest BCUT2D eigenvalue weighted by Gasteiger charge is -2.28. The molecule has 1 aromatic rings. The number of fused-ring (bicyclic) bond motifs is 2. The smallest absolute Gasteiger partial charge is 0.251 e. The molecule has 0 spiro atoms. The van der Waals surface area contributed by atoms with Crippen molar-refractivity contribution in [1.82, 2.24) is 10.6 Å². The summed E-state index contributed by atoms with van der Waals surface area (Å²) in [4.78, 5) is 24.2. The number of piperidine rings is 1. The molecule has 2 aliphatic rings. The van der Waals surface area contributed by atoms with E-state index in [1.165, 1.54) is 12.8 Å². The summed E-state index contributed by atoms with van der Waals surface area (Å²) in [7, 11) is 1.61. The van der Waals surface area contributed by atoms with E-state index in [1.54, 1.807) is 19.2 Å². The van der Waals surface area contributed by atoms with Gasteiger partial charge in [0.2, 0.25) is 5.91 Å². The zero-order chi connectivity index (χ0) is 16.4. The van der Waals surface area contributed by atoms with E-state index >= 15 is 0 Å². The van der Waals surface area contributed by atoms with E-state index in [1.807, 2.05) is 13.0 Å². The Morgan fingerprint density at radius 2 is 1.88 bits per heavy atom. The van der Waals surface area contributed by atoms with Gasteiger partial charge in [0.15, 0.2) is 0 Å². The first-order chi connectivity index (χ1) is 11.1. The van der Waals surface area contributed by atoms with Gasteiger partial charge in [-0.1, -0.05) is 6.07 Å². The number of benzene rings is 1. The Bertz CT molecular complexity index is 608. The van der Waals surface area contributed by atoms with E-state index < -0.39 is 0 Å². The van der Waals surface area contributed by atoms with Gasteiger partial charge >= 0.3 is 0 Å². The minimum Gasteiger partial charge on any atom is -0.355 e. The van der Waals surface area contributed by atoms with Gasteiger partial charge in [-0.15, -0.1) is 12.4 Å². The fraction of sp³-hybridized carbons (Fsp3) is 0.556. The van der Waals surface area contributed by atoms with Gasteiger partial charge in [0.05, 0.1) is 0 Å². The summed E-state index contributed by atoms with van der Waals surface area (Å²) in [6.07, 6.45) is 5.26. The molecule has 3 rings (SSSR count). The average molecular weight is 352 g/mol. The number of halogens is 1. The summed E-state index contributed by atoms with van der Waals surface area (Å²) < 4.78 is 0. The molecule has 2 fully saturated rings. The fourth-order valence-electron chi connectivity index (χ4n) is 3.96. The van der Waals surface area contributed by atoms with Gasteiger partial charge in [-0.05, 0) is 56.2 Å². The minimum atomic E-state index is -0.131. The Kier molecular flexibility index (Phi) is 6.24. The third-order valence-corrected chi connectivity index (χ3v) is 5.12. The van der Waals surface area contributed by atoms with Crippen molar-refractivity contribution in [1.29, 1.82) is 0 Å². The molecule has 2 amide bonds. The predicted octanol–water partition coefficient (Wildman–Crippen LogP) is 2.64. The Labute approximate surface area is 149 Å². The van der Waals surface area contributed by atoms with Gasteiger partial charge in [-0.25, -0.2) is 0 Å². The zero-order valence-electron chi connectivity index (χ0n) is 14.2. The van der Waals surface area contributed by atoms with Crippen LogP contribution in [0.1, 0.15) is 48.0 Å². The number of hydrogen-bond acceptors (Lipinski definition) is 3. The summed E-state index contributed by atoms with van der Waals surface area (Å²) in [5.41, 5.74) is 2.14. The Balaban J connectivity index is 0.00000208. The fourth-order valence-corrected chi connectivity index (χ4v) is 3.96. The molecule has 2 heterocycles. The van der Waals surface area contributed by atoms with Crippen LogP contribution in [-0.2, 0) is 4.79 Å². The van der Waals surface area contributed by atoms with Crippen LogP contribution in [0.4, 0.5) is 5.69 Å². The van der Waals surface area contributed by atoms with Crippen LogP contribution < -0.4 is 16.0 Å². The third-order valence-electron chi connectivity index (χ3n) is 5.12. The number of nitrogens with one attached hydrogen (secondary N) is 3. The van der Waals surface area contributed by atoms with E-state index in [-0.39, 0.29) is 24.2 Å². The van der Waals surface area contributed by atoms with Crippen LogP contribution in [0.15, 0.2) is 18.2 Å². The second-order valence-electron chi connectivity index (χ2n) is 6.78. The molecule has 0 saturated carbocycles. The number of anilines is 1. The van der Waals surface area contributed by atoms with Crippen LogP contribution in [0.5, 0.6) is 0 Å². The molecule has 2 atom stereocenters. The van der Waals surface area contributed by atoms with Gasteiger partial charge in [-0.2, -0.15) is 0 Å². The van der Waals surface area contributed by atoms with Crippen molar-refractivity contribution in [2.75, 3.05) is 12.4 Å². The van der Waals surface area contributed by atoms with Crippen molar-refractivity contribution in [3.05, 3.63) is 29.3 Å². The SMILES string of the molecule is CNC(=O)c1cccc(NC(=O)CC2CC3CCC(C2)N3)c1C.Cl. The molecule has 132 valence electrons. The van der Waals surface area contributed by atoms with Crippen molar-refractivity contribution in [3.8, 4) is 0 Å². The lowest BCUT2D eigenvalue weighted by Crippen LogP contribution is -2.39. The van der Waals surface area contributed by atoms with Gasteiger partial charge in [-0.3, -0.25) is 9.59 Å². The number of rotatable bonds is 4. The van der Waals surface area contributed by atoms with E-state index in [0.29, 0.717) is 30.0 Å². The summed E-state index contributed by atoms with van der Waals surface area (Å²) in [5, 5.41) is 9.22. The van der Waals surface area contributed by atoms with Crippen LogP contribution in [-0.4, -0.2) is 30.9 Å². The highest BCUT2D eigenvalue weighted by Gasteiger charge is 2.34. The van der Waals surface area contributed by atoms with Crippen LogP contribution >= 0.6 is 12.4 Å². The molecular weight excluding hydrogens is 326 g/mol. The monoisotopic (exact) mass is 351 g/mol. The normalized spacial score (nSPS) is 24.8. The lowest BCUT2D eigenvalue weighted by atomic mass is 9.89. The maximum absolute atomic E-state index is 12.4. The maximum atomic E-state index is 12.4. The van der Waals surface area contributed by atoms with Crippen LogP contribution in [0.3, 0.4) is 0 Å². The molecule has 2 unspecified atom stereocenters. The molecule has 2 aliphatic heterocycles. The molecule has 0 aliphatic carbocycles. The third kappa shape index (κ3) is 4.08. The van der Waals surface area contributed by atoms with Gasteiger partial charge in [0.25, 0.3) is 5.91 Å². The highest BCUT2D eigenvalue weighted by Crippen LogP contribution is 2.33. The van der Waals surface area contributed by atoms with E-state index in [0.717, 1.165) is 24.1 Å². The molecule has 1 aromatic carbocycles. The van der Waals surface area contributed by atoms with Crippen molar-refractivity contribution in [3.63, 3.8) is 0 Å². The zero-order valence-corrected chi connectivity index (χ0v) is 15.0. The molecule has 3 N–H and O–H groups in total. The predicted molar refractivity (Wildman–Crippen MR) is 97.7 cm³/mol. The Hall–Kier alpha value is -1.59. The first-order valence-electron chi connectivity index (χ1n) is 8.44. The van der Waals surface area contributed by atoms with Crippen LogP contribution in [0.2, 0.25) is 0 Å². The van der Waals surface area contributed by atoms with Crippen molar-refractivity contribution in [2.24, 2.45) is 5.92 Å². The van der Waals surface area contributed by atoms with Crippen molar-refractivity contribution >= 4 is 29.9 Å². The largest absolute Gasteiger partial charge is 0.355 e. The molecule has 24 heavy (non-hydrogen) atoms. The standard InChI is InChI=1S/C18H25N3O2.ClH/c1-11-15(18(23)19-2)4-3-5-16(11)21-17(22)10-12-8-13-6-7-14(9-12)20-13;/h3-5,12-14,20H,6-10H2,1-2H3,(H,19,23)(H,21,22);1H. The second kappa shape index (κ2) is 7.99. The number of hydrogen-bond donors (Lipinski definition) is 3. The van der Waals surface area contributed by atoms with Crippen molar-refractivity contribution in [2.45, 2.75) is 51.1 Å².